The highest BCUT2D eigenvalue weighted by Crippen LogP contribution is 2.18. The van der Waals surface area contributed by atoms with Gasteiger partial charge >= 0.3 is 0 Å². The van der Waals surface area contributed by atoms with Gasteiger partial charge in [-0.1, -0.05) is 6.92 Å². The van der Waals surface area contributed by atoms with Gasteiger partial charge < -0.3 is 10.5 Å². The van der Waals surface area contributed by atoms with Crippen LogP contribution >= 0.6 is 0 Å². The quantitative estimate of drug-likeness (QED) is 0.714. The molecule has 15 heavy (non-hydrogen) atoms. The van der Waals surface area contributed by atoms with Gasteiger partial charge in [0.25, 0.3) is 0 Å². The SMILES string of the molecule is CCN1CCOC(c2n[nH]c(CN)n2)C1. The van der Waals surface area contributed by atoms with E-state index in [1.807, 2.05) is 0 Å². The van der Waals surface area contributed by atoms with Crippen molar-refractivity contribution in [2.75, 3.05) is 26.2 Å². The molecule has 2 rings (SSSR count). The Morgan fingerprint density at radius 2 is 2.53 bits per heavy atom. The van der Waals surface area contributed by atoms with Gasteiger partial charge in [0.2, 0.25) is 0 Å². The van der Waals surface area contributed by atoms with Crippen LogP contribution in [0.1, 0.15) is 24.7 Å². The number of likely N-dealkylation sites (N-methyl/N-ethyl adjacent to an activating group) is 1. The van der Waals surface area contributed by atoms with Crippen LogP contribution in [-0.4, -0.2) is 46.3 Å². The summed E-state index contributed by atoms with van der Waals surface area (Å²) >= 11 is 0. The van der Waals surface area contributed by atoms with E-state index >= 15 is 0 Å². The molecule has 0 spiro atoms. The van der Waals surface area contributed by atoms with Crippen molar-refractivity contribution in [3.8, 4) is 0 Å². The zero-order valence-electron chi connectivity index (χ0n) is 8.94. The smallest absolute Gasteiger partial charge is 0.180 e. The molecule has 1 atom stereocenters. The lowest BCUT2D eigenvalue weighted by molar-refractivity contribution is -0.0324. The van der Waals surface area contributed by atoms with Crippen LogP contribution in [0.15, 0.2) is 0 Å². The lowest BCUT2D eigenvalue weighted by atomic mass is 10.2. The number of hydrogen-bond acceptors (Lipinski definition) is 5. The number of rotatable bonds is 3. The van der Waals surface area contributed by atoms with Crippen LogP contribution in [-0.2, 0) is 11.3 Å². The first-order chi connectivity index (χ1) is 7.33. The Bertz CT molecular complexity index is 313. The molecule has 84 valence electrons. The summed E-state index contributed by atoms with van der Waals surface area (Å²) in [6, 6.07) is 0. The molecule has 1 aromatic rings. The second kappa shape index (κ2) is 4.69. The second-order valence-electron chi connectivity index (χ2n) is 3.60. The predicted octanol–water partition coefficient (Wildman–Crippen LogP) is -0.343. The van der Waals surface area contributed by atoms with E-state index in [0.29, 0.717) is 18.2 Å². The zero-order chi connectivity index (χ0) is 10.7. The summed E-state index contributed by atoms with van der Waals surface area (Å²) in [6.45, 7) is 6.15. The largest absolute Gasteiger partial charge is 0.367 e. The number of aromatic nitrogens is 3. The van der Waals surface area contributed by atoms with Crippen LogP contribution < -0.4 is 5.73 Å². The number of hydrogen-bond donors (Lipinski definition) is 2. The van der Waals surface area contributed by atoms with Crippen LogP contribution in [0, 0.1) is 0 Å². The highest BCUT2D eigenvalue weighted by molar-refractivity contribution is 4.96. The van der Waals surface area contributed by atoms with Gasteiger partial charge in [-0.15, -0.1) is 0 Å². The fourth-order valence-electron chi connectivity index (χ4n) is 1.69. The standard InChI is InChI=1S/C9H17N5O/c1-2-14-3-4-15-7(6-14)9-11-8(5-10)12-13-9/h7H,2-6,10H2,1H3,(H,11,12,13). The molecule has 0 aliphatic carbocycles. The van der Waals surface area contributed by atoms with Gasteiger partial charge in [0.15, 0.2) is 5.82 Å². The molecule has 1 aliphatic rings. The average Bonchev–Trinajstić information content (AvgIpc) is 2.78. The second-order valence-corrected chi connectivity index (χ2v) is 3.60. The predicted molar refractivity (Wildman–Crippen MR) is 55.1 cm³/mol. The van der Waals surface area contributed by atoms with Gasteiger partial charge in [0, 0.05) is 13.1 Å². The van der Waals surface area contributed by atoms with Crippen molar-refractivity contribution < 1.29 is 4.74 Å². The summed E-state index contributed by atoms with van der Waals surface area (Å²) in [4.78, 5) is 6.60. The minimum Gasteiger partial charge on any atom is -0.367 e. The van der Waals surface area contributed by atoms with Crippen LogP contribution in [0.3, 0.4) is 0 Å². The third kappa shape index (κ3) is 2.34. The molecule has 1 aromatic heterocycles. The minimum absolute atomic E-state index is 0.0183. The number of ether oxygens (including phenoxy) is 1. The fourth-order valence-corrected chi connectivity index (χ4v) is 1.69. The first-order valence-electron chi connectivity index (χ1n) is 5.28. The Morgan fingerprint density at radius 3 is 3.20 bits per heavy atom. The molecular weight excluding hydrogens is 194 g/mol. The Hall–Kier alpha value is -0.980. The van der Waals surface area contributed by atoms with Crippen LogP contribution in [0.2, 0.25) is 0 Å². The lowest BCUT2D eigenvalue weighted by Crippen LogP contribution is -2.38. The number of aromatic amines is 1. The Labute approximate surface area is 88.8 Å². The van der Waals surface area contributed by atoms with Gasteiger partial charge in [-0.2, -0.15) is 5.10 Å². The van der Waals surface area contributed by atoms with Crippen molar-refractivity contribution in [3.63, 3.8) is 0 Å². The summed E-state index contributed by atoms with van der Waals surface area (Å²) in [7, 11) is 0. The van der Waals surface area contributed by atoms with Crippen molar-refractivity contribution in [3.05, 3.63) is 11.6 Å². The van der Waals surface area contributed by atoms with Crippen molar-refractivity contribution in [1.82, 2.24) is 20.1 Å². The summed E-state index contributed by atoms with van der Waals surface area (Å²) in [5.41, 5.74) is 5.46. The molecule has 0 radical (unpaired) electrons. The summed E-state index contributed by atoms with van der Waals surface area (Å²) < 4.78 is 5.63. The van der Waals surface area contributed by atoms with Gasteiger partial charge in [-0.05, 0) is 6.54 Å². The first-order valence-corrected chi connectivity index (χ1v) is 5.28. The maximum Gasteiger partial charge on any atom is 0.180 e. The molecule has 0 amide bonds. The van der Waals surface area contributed by atoms with E-state index in [1.54, 1.807) is 0 Å². The number of H-pyrrole nitrogens is 1. The van der Waals surface area contributed by atoms with Gasteiger partial charge in [0.05, 0.1) is 13.2 Å². The minimum atomic E-state index is -0.0183. The maximum absolute atomic E-state index is 5.63. The molecule has 1 fully saturated rings. The van der Waals surface area contributed by atoms with Crippen molar-refractivity contribution in [2.24, 2.45) is 5.73 Å². The number of nitrogens with zero attached hydrogens (tertiary/aromatic N) is 3. The van der Waals surface area contributed by atoms with Crippen molar-refractivity contribution in [2.45, 2.75) is 19.6 Å². The molecule has 1 saturated heterocycles. The monoisotopic (exact) mass is 211 g/mol. The van der Waals surface area contributed by atoms with Crippen molar-refractivity contribution >= 4 is 0 Å². The van der Waals surface area contributed by atoms with Crippen LogP contribution in [0.4, 0.5) is 0 Å². The van der Waals surface area contributed by atoms with Crippen LogP contribution in [0.25, 0.3) is 0 Å². The lowest BCUT2D eigenvalue weighted by Gasteiger charge is -2.30. The van der Waals surface area contributed by atoms with E-state index in [9.17, 15) is 0 Å². The Kier molecular flexibility index (Phi) is 3.30. The topological polar surface area (TPSA) is 80.1 Å². The maximum atomic E-state index is 5.63. The molecule has 0 aromatic carbocycles. The molecular formula is C9H17N5O. The number of nitrogens with one attached hydrogen (secondary N) is 1. The highest BCUT2D eigenvalue weighted by Gasteiger charge is 2.24. The number of morpholine rings is 1. The molecule has 0 bridgehead atoms. The van der Waals surface area contributed by atoms with E-state index in [2.05, 4.69) is 27.0 Å². The summed E-state index contributed by atoms with van der Waals surface area (Å²) in [6.07, 6.45) is -0.0183. The normalized spacial score (nSPS) is 23.2. The molecule has 1 unspecified atom stereocenters. The van der Waals surface area contributed by atoms with Gasteiger partial charge in [-0.25, -0.2) is 4.98 Å². The van der Waals surface area contributed by atoms with E-state index in [1.165, 1.54) is 0 Å². The number of nitrogens with two attached hydrogens (primary N) is 1. The van der Waals surface area contributed by atoms with Gasteiger partial charge in [-0.3, -0.25) is 10.00 Å². The molecule has 0 saturated carbocycles. The average molecular weight is 211 g/mol. The van der Waals surface area contributed by atoms with E-state index in [0.717, 1.165) is 26.2 Å². The third-order valence-corrected chi connectivity index (χ3v) is 2.63. The Balaban J connectivity index is 2.03. The molecule has 6 nitrogen and oxygen atoms in total. The van der Waals surface area contributed by atoms with E-state index in [-0.39, 0.29) is 6.10 Å². The fraction of sp³-hybridized carbons (Fsp3) is 0.778. The third-order valence-electron chi connectivity index (χ3n) is 2.63. The Morgan fingerprint density at radius 1 is 1.67 bits per heavy atom. The highest BCUT2D eigenvalue weighted by atomic mass is 16.5. The van der Waals surface area contributed by atoms with Crippen LogP contribution in [0.5, 0.6) is 0 Å². The molecule has 2 heterocycles. The zero-order valence-corrected chi connectivity index (χ0v) is 8.94. The van der Waals surface area contributed by atoms with E-state index in [4.69, 9.17) is 10.5 Å². The summed E-state index contributed by atoms with van der Waals surface area (Å²) in [5, 5.41) is 6.91. The van der Waals surface area contributed by atoms with Crippen molar-refractivity contribution in [1.29, 1.82) is 0 Å². The molecule has 3 N–H and O–H groups in total. The summed E-state index contributed by atoms with van der Waals surface area (Å²) in [5.74, 6) is 1.43. The van der Waals surface area contributed by atoms with E-state index < -0.39 is 0 Å². The molecule has 1 aliphatic heterocycles. The first kappa shape index (κ1) is 10.5. The molecule has 6 heteroatoms. The van der Waals surface area contributed by atoms with Gasteiger partial charge in [0.1, 0.15) is 11.9 Å².